The van der Waals surface area contributed by atoms with Gasteiger partial charge in [-0.1, -0.05) is 48.5 Å². The number of hydrogen-bond donors (Lipinski definition) is 1. The van der Waals surface area contributed by atoms with E-state index in [1.165, 1.54) is 27.1 Å². The third-order valence-electron chi connectivity index (χ3n) is 11.6. The van der Waals surface area contributed by atoms with Gasteiger partial charge in [-0.25, -0.2) is 18.4 Å². The van der Waals surface area contributed by atoms with Gasteiger partial charge in [0.1, 0.15) is 22.2 Å². The minimum Gasteiger partial charge on any atom is -0.477 e. The van der Waals surface area contributed by atoms with E-state index in [2.05, 4.69) is 0 Å². The maximum absolute atomic E-state index is 14.7. The number of carboxylic acids is 1. The number of carboxylic acid groups (broad SMARTS) is 1. The molecule has 12 aromatic rings. The summed E-state index contributed by atoms with van der Waals surface area (Å²) in [5.41, 5.74) is -3.47. The molecule has 4 aromatic heterocycles. The van der Waals surface area contributed by atoms with E-state index in [0.29, 0.717) is 54.8 Å². The number of esters is 1. The van der Waals surface area contributed by atoms with Crippen LogP contribution in [-0.2, 0) is 4.74 Å². The van der Waals surface area contributed by atoms with Crippen LogP contribution in [0.1, 0.15) is 27.6 Å². The molecule has 4 heterocycles. The highest BCUT2D eigenvalue weighted by Gasteiger charge is 2.26. The first-order valence-electron chi connectivity index (χ1n) is 19.3. The first-order chi connectivity index (χ1) is 30.8. The van der Waals surface area contributed by atoms with Crippen molar-refractivity contribution >= 4 is 110 Å². The van der Waals surface area contributed by atoms with E-state index in [0.717, 1.165) is 17.6 Å². The molecular weight excluding hydrogens is 841 g/mol. The van der Waals surface area contributed by atoms with Gasteiger partial charge >= 0.3 is 11.9 Å². The van der Waals surface area contributed by atoms with Crippen LogP contribution < -0.4 is 21.7 Å². The number of carbonyl (C=O) groups excluding carboxylic acids is 1. The molecule has 0 aliphatic carbocycles. The summed E-state index contributed by atoms with van der Waals surface area (Å²) in [6.07, 6.45) is 2.30. The van der Waals surface area contributed by atoms with Gasteiger partial charge in [0.25, 0.3) is 0 Å². The van der Waals surface area contributed by atoms with Crippen LogP contribution in [0.3, 0.4) is 0 Å². The van der Waals surface area contributed by atoms with Crippen molar-refractivity contribution in [3.63, 3.8) is 0 Å². The highest BCUT2D eigenvalue weighted by Crippen LogP contribution is 2.36. The molecule has 0 radical (unpaired) electrons. The highest BCUT2D eigenvalue weighted by molar-refractivity contribution is 6.17. The first kappa shape index (κ1) is 38.3. The fourth-order valence-corrected chi connectivity index (χ4v) is 8.72. The van der Waals surface area contributed by atoms with Crippen LogP contribution in [-0.4, -0.2) is 32.5 Å². The molecule has 12 rings (SSSR count). The number of benzene rings is 6. The Balaban J connectivity index is 0.000000143. The summed E-state index contributed by atoms with van der Waals surface area (Å²) >= 11 is 0. The summed E-state index contributed by atoms with van der Waals surface area (Å²) in [6.45, 7) is 1.63. The van der Waals surface area contributed by atoms with Crippen LogP contribution in [0.4, 0.5) is 17.6 Å². The van der Waals surface area contributed by atoms with Crippen molar-refractivity contribution in [2.45, 2.75) is 6.92 Å². The largest absolute Gasteiger partial charge is 0.477 e. The molecule has 1 N–H and O–H groups in total. The van der Waals surface area contributed by atoms with Gasteiger partial charge in [-0.05, 0) is 64.9 Å². The Kier molecular flexibility index (Phi) is 8.02. The van der Waals surface area contributed by atoms with Crippen molar-refractivity contribution in [2.75, 3.05) is 6.61 Å². The molecule has 0 aliphatic heterocycles. The molecule has 0 atom stereocenters. The number of aromatic carboxylic acids is 1. The lowest BCUT2D eigenvalue weighted by atomic mass is 10.1. The summed E-state index contributed by atoms with van der Waals surface area (Å²) in [5.74, 6) is -7.62. The van der Waals surface area contributed by atoms with Gasteiger partial charge in [0.2, 0.25) is 22.5 Å². The number of aromatic nitrogens is 2. The van der Waals surface area contributed by atoms with Crippen molar-refractivity contribution < 1.29 is 45.8 Å². The second-order valence-corrected chi connectivity index (χ2v) is 15.0. The van der Waals surface area contributed by atoms with E-state index in [1.54, 1.807) is 61.5 Å². The van der Waals surface area contributed by atoms with E-state index in [4.69, 9.17) is 13.6 Å². The Labute approximate surface area is 350 Å². The normalized spacial score (nSPS) is 12.0. The number of hydrogen-bond acceptors (Lipinski definition) is 9. The predicted octanol–water partition coefficient (Wildman–Crippen LogP) is 9.04. The molecule has 0 saturated carbocycles. The van der Waals surface area contributed by atoms with E-state index < -0.39 is 62.8 Å². The third kappa shape index (κ3) is 5.16. The van der Waals surface area contributed by atoms with Gasteiger partial charge in [-0.15, -0.1) is 0 Å². The third-order valence-corrected chi connectivity index (χ3v) is 11.6. The van der Waals surface area contributed by atoms with Gasteiger partial charge < -0.3 is 27.5 Å². The minimum absolute atomic E-state index is 0.0167. The summed E-state index contributed by atoms with van der Waals surface area (Å²) in [6, 6.07) is 21.7. The molecule has 0 aliphatic rings. The molecular formula is C48H22F4N2O10. The number of rotatable bonds is 3. The summed E-state index contributed by atoms with van der Waals surface area (Å²) in [7, 11) is 0. The zero-order valence-corrected chi connectivity index (χ0v) is 32.5. The van der Waals surface area contributed by atoms with Crippen LogP contribution in [0.5, 0.6) is 0 Å². The van der Waals surface area contributed by atoms with Crippen molar-refractivity contribution in [3.8, 4) is 0 Å². The molecule has 64 heavy (non-hydrogen) atoms. The lowest BCUT2D eigenvalue weighted by Crippen LogP contribution is -2.20. The van der Waals surface area contributed by atoms with Gasteiger partial charge in [-0.2, -0.15) is 8.78 Å². The van der Waals surface area contributed by atoms with Crippen LogP contribution in [0.2, 0.25) is 0 Å². The van der Waals surface area contributed by atoms with Crippen LogP contribution >= 0.6 is 0 Å². The summed E-state index contributed by atoms with van der Waals surface area (Å²) in [5, 5.41) is 13.3. The lowest BCUT2D eigenvalue weighted by Gasteiger charge is -2.13. The van der Waals surface area contributed by atoms with Gasteiger partial charge in [0.15, 0.2) is 44.8 Å². The smallest absolute Gasteiger partial charge is 0.343 e. The molecule has 0 fully saturated rings. The first-order valence-corrected chi connectivity index (χ1v) is 19.3. The quantitative estimate of drug-likeness (QED) is 0.0784. The zero-order valence-electron chi connectivity index (χ0n) is 32.5. The standard InChI is InChI=1S/C25H13F2NO5.C23H9F2NO5/c1-2-32-25(31)16-10-28-18-8-13-11-5-3-4-6-12(11)22(29)14(13)9-19(18)33-24-20(27)17(26)7-15(21(24)28)23(16)30;24-15-5-13-19-22(18(15)25)31-17-7-12-11(9-3-1-2-4-10(9)20(12)27)6-16(17)26(19)8-14(21(13)28)23(29)30/h3-10H,2H2,1H3;1-8H,(H,29,30). The summed E-state index contributed by atoms with van der Waals surface area (Å²) < 4.78 is 76.9. The van der Waals surface area contributed by atoms with E-state index in [-0.39, 0.29) is 56.0 Å². The second kappa shape index (κ2) is 13.4. The van der Waals surface area contributed by atoms with Crippen molar-refractivity contribution in [3.05, 3.63) is 173 Å². The average Bonchev–Trinajstić information content (AvgIpc) is 3.73. The van der Waals surface area contributed by atoms with E-state index in [9.17, 15) is 51.4 Å². The van der Waals surface area contributed by atoms with E-state index >= 15 is 0 Å². The lowest BCUT2D eigenvalue weighted by molar-refractivity contribution is 0.0524. The van der Waals surface area contributed by atoms with Crippen LogP contribution in [0, 0.1) is 23.3 Å². The molecule has 12 nitrogen and oxygen atoms in total. The Morgan fingerprint density at radius 2 is 0.969 bits per heavy atom. The minimum atomic E-state index is -1.50. The number of halogens is 4. The monoisotopic (exact) mass is 862 g/mol. The molecule has 0 amide bonds. The summed E-state index contributed by atoms with van der Waals surface area (Å²) in [4.78, 5) is 75.3. The number of carbonyl (C=O) groups is 2. The second-order valence-electron chi connectivity index (χ2n) is 15.0. The number of pyridine rings is 2. The molecule has 0 unspecified atom stereocenters. The van der Waals surface area contributed by atoms with Gasteiger partial charge in [-0.3, -0.25) is 19.2 Å². The van der Waals surface area contributed by atoms with Crippen LogP contribution in [0.15, 0.2) is 125 Å². The molecule has 0 spiro atoms. The van der Waals surface area contributed by atoms with Crippen molar-refractivity contribution in [1.82, 2.24) is 8.80 Å². The van der Waals surface area contributed by atoms with Gasteiger partial charge in [0.05, 0.1) is 28.4 Å². The topological polar surface area (TPSA) is 167 Å². The average molecular weight is 863 g/mol. The maximum atomic E-state index is 14.7. The van der Waals surface area contributed by atoms with Crippen molar-refractivity contribution in [1.29, 1.82) is 0 Å². The Morgan fingerprint density at radius 1 is 0.547 bits per heavy atom. The molecule has 0 saturated heterocycles. The highest BCUT2D eigenvalue weighted by atomic mass is 19.2. The van der Waals surface area contributed by atoms with Crippen molar-refractivity contribution in [2.24, 2.45) is 0 Å². The zero-order chi connectivity index (χ0) is 44.6. The maximum Gasteiger partial charge on any atom is 0.343 e. The van der Waals surface area contributed by atoms with E-state index in [1.807, 2.05) is 6.07 Å². The SMILES string of the molecule is CCOC(=O)c1cn2c3cc4c(cc3oc3c(F)c(F)cc(c1=O)c32)c(=O)c1ccccc14.O=C(O)c1cn2c3cc4c(cc3oc3c(F)c(F)cc(c1=O)c32)c(=O)c1ccccc14. The fraction of sp³-hybridized carbons (Fsp3) is 0.0417. The molecule has 16 heteroatoms. The molecule has 0 bridgehead atoms. The van der Waals surface area contributed by atoms with Gasteiger partial charge in [0, 0.05) is 33.9 Å². The molecule has 312 valence electrons. The fourth-order valence-electron chi connectivity index (χ4n) is 8.72. The Bertz CT molecular complexity index is 4360. The number of ether oxygens (including phenoxy) is 1. The predicted molar refractivity (Wildman–Crippen MR) is 230 cm³/mol. The number of fused-ring (bicyclic) bond motifs is 10. The Morgan fingerprint density at radius 3 is 1.41 bits per heavy atom. The van der Waals surface area contributed by atoms with Crippen LogP contribution in [0.25, 0.3) is 98.3 Å². The number of nitrogens with zero attached hydrogens (tertiary/aromatic N) is 2. The molecule has 8 aromatic carbocycles. The Hall–Kier alpha value is -8.66.